The Balaban J connectivity index is 1.59. The first-order chi connectivity index (χ1) is 11.5. The summed E-state index contributed by atoms with van der Waals surface area (Å²) in [5, 5.41) is 5.39. The van der Waals surface area contributed by atoms with E-state index in [1.54, 1.807) is 18.2 Å². The Morgan fingerprint density at radius 1 is 1.21 bits per heavy atom. The molecular formula is C18H25N3O3. The largest absolute Gasteiger partial charge is 0.490 e. The van der Waals surface area contributed by atoms with Crippen molar-refractivity contribution in [2.24, 2.45) is 5.92 Å². The summed E-state index contributed by atoms with van der Waals surface area (Å²) < 4.78 is 5.64. The lowest BCUT2D eigenvalue weighted by molar-refractivity contribution is 0.0757. The maximum Gasteiger partial charge on any atom is 0.321 e. The molecule has 4 rings (SSSR count). The van der Waals surface area contributed by atoms with Crippen LogP contribution in [0.15, 0.2) is 24.3 Å². The molecule has 24 heavy (non-hydrogen) atoms. The molecule has 1 aromatic rings. The number of imide groups is 1. The normalized spacial score (nSPS) is 25.4. The molecule has 3 amide bonds. The second-order valence-corrected chi connectivity index (χ2v) is 6.83. The summed E-state index contributed by atoms with van der Waals surface area (Å²) in [6.07, 6.45) is 2.19. The number of hydrogen-bond donors (Lipinski definition) is 2. The molecule has 0 aliphatic carbocycles. The number of rotatable bonds is 4. The minimum atomic E-state index is -0.440. The van der Waals surface area contributed by atoms with E-state index < -0.39 is 11.9 Å². The minimum Gasteiger partial charge on any atom is -0.490 e. The SMILES string of the molecule is CC(C)Oc1ccccc1C(=O)NC(=O)NC1CN2CCC1CC2. The summed E-state index contributed by atoms with van der Waals surface area (Å²) in [6, 6.07) is 6.66. The summed E-state index contributed by atoms with van der Waals surface area (Å²) in [5.74, 6) is 0.568. The number of carbonyl (C=O) groups excluding carboxylic acids is 2. The van der Waals surface area contributed by atoms with Crippen LogP contribution < -0.4 is 15.4 Å². The molecule has 2 N–H and O–H groups in total. The lowest BCUT2D eigenvalue weighted by atomic mass is 9.84. The van der Waals surface area contributed by atoms with Gasteiger partial charge in [0.05, 0.1) is 11.7 Å². The third-order valence-electron chi connectivity index (χ3n) is 4.69. The number of piperidine rings is 3. The molecule has 3 aliphatic heterocycles. The van der Waals surface area contributed by atoms with E-state index in [9.17, 15) is 9.59 Å². The van der Waals surface area contributed by atoms with Gasteiger partial charge in [0.15, 0.2) is 0 Å². The summed E-state index contributed by atoms with van der Waals surface area (Å²) in [4.78, 5) is 27.0. The molecule has 2 bridgehead atoms. The van der Waals surface area contributed by atoms with Crippen LogP contribution >= 0.6 is 0 Å². The number of urea groups is 1. The zero-order chi connectivity index (χ0) is 17.1. The highest BCUT2D eigenvalue weighted by atomic mass is 16.5. The Labute approximate surface area is 142 Å². The van der Waals surface area contributed by atoms with Crippen LogP contribution in [0, 0.1) is 5.92 Å². The molecule has 0 spiro atoms. The molecule has 0 saturated carbocycles. The van der Waals surface area contributed by atoms with Crippen molar-refractivity contribution in [1.82, 2.24) is 15.5 Å². The zero-order valence-electron chi connectivity index (χ0n) is 14.2. The van der Waals surface area contributed by atoms with Crippen LogP contribution in [0.3, 0.4) is 0 Å². The number of amides is 3. The van der Waals surface area contributed by atoms with E-state index in [0.717, 1.165) is 32.5 Å². The number of ether oxygens (including phenoxy) is 1. The molecule has 1 aromatic carbocycles. The van der Waals surface area contributed by atoms with Crippen molar-refractivity contribution in [2.75, 3.05) is 19.6 Å². The van der Waals surface area contributed by atoms with Crippen LogP contribution in [0.1, 0.15) is 37.0 Å². The maximum absolute atomic E-state index is 12.4. The van der Waals surface area contributed by atoms with Gasteiger partial charge in [0, 0.05) is 12.6 Å². The summed E-state index contributed by atoms with van der Waals surface area (Å²) in [6.45, 7) is 6.90. The van der Waals surface area contributed by atoms with E-state index >= 15 is 0 Å². The quantitative estimate of drug-likeness (QED) is 0.885. The molecule has 6 nitrogen and oxygen atoms in total. The van der Waals surface area contributed by atoms with E-state index in [1.807, 2.05) is 19.9 Å². The fourth-order valence-electron chi connectivity index (χ4n) is 3.51. The Morgan fingerprint density at radius 3 is 2.54 bits per heavy atom. The predicted octanol–water partition coefficient (Wildman–Crippen LogP) is 2.01. The second-order valence-electron chi connectivity index (χ2n) is 6.83. The van der Waals surface area contributed by atoms with E-state index in [-0.39, 0.29) is 12.1 Å². The van der Waals surface area contributed by atoms with E-state index in [4.69, 9.17) is 4.74 Å². The molecule has 0 radical (unpaired) electrons. The van der Waals surface area contributed by atoms with Crippen LogP contribution in [0.5, 0.6) is 5.75 Å². The first-order valence-corrected chi connectivity index (χ1v) is 8.63. The number of benzene rings is 1. The molecule has 1 atom stereocenters. The smallest absolute Gasteiger partial charge is 0.321 e. The van der Waals surface area contributed by atoms with Crippen LogP contribution in [0.2, 0.25) is 0 Å². The molecule has 3 heterocycles. The fourth-order valence-corrected chi connectivity index (χ4v) is 3.51. The standard InChI is InChI=1S/C18H25N3O3/c1-12(2)24-16-6-4-3-5-14(16)17(22)20-18(23)19-15-11-21-9-7-13(15)8-10-21/h3-6,12-13,15H,7-11H2,1-2H3,(H2,19,20,22,23). The third-order valence-corrected chi connectivity index (χ3v) is 4.69. The first kappa shape index (κ1) is 16.8. The van der Waals surface area contributed by atoms with Gasteiger partial charge in [-0.3, -0.25) is 10.1 Å². The molecule has 6 heteroatoms. The topological polar surface area (TPSA) is 70.7 Å². The molecule has 3 fully saturated rings. The van der Waals surface area contributed by atoms with Crippen molar-refractivity contribution in [3.63, 3.8) is 0 Å². The Morgan fingerprint density at radius 2 is 1.92 bits per heavy atom. The van der Waals surface area contributed by atoms with E-state index in [1.165, 1.54) is 0 Å². The summed E-state index contributed by atoms with van der Waals surface area (Å²) >= 11 is 0. The van der Waals surface area contributed by atoms with Gasteiger partial charge in [-0.2, -0.15) is 0 Å². The highest BCUT2D eigenvalue weighted by Crippen LogP contribution is 2.27. The third kappa shape index (κ3) is 3.87. The maximum atomic E-state index is 12.4. The van der Waals surface area contributed by atoms with Gasteiger partial charge in [-0.05, 0) is 57.8 Å². The molecular weight excluding hydrogens is 306 g/mol. The number of nitrogens with one attached hydrogen (secondary N) is 2. The van der Waals surface area contributed by atoms with Crippen molar-refractivity contribution >= 4 is 11.9 Å². The van der Waals surface area contributed by atoms with Crippen LogP contribution in [0.25, 0.3) is 0 Å². The molecule has 130 valence electrons. The lowest BCUT2D eigenvalue weighted by Gasteiger charge is -2.44. The van der Waals surface area contributed by atoms with Gasteiger partial charge in [-0.1, -0.05) is 12.1 Å². The van der Waals surface area contributed by atoms with Gasteiger partial charge >= 0.3 is 6.03 Å². The van der Waals surface area contributed by atoms with Crippen molar-refractivity contribution in [2.45, 2.75) is 38.8 Å². The highest BCUT2D eigenvalue weighted by Gasteiger charge is 2.35. The molecule has 0 aromatic heterocycles. The number of carbonyl (C=O) groups is 2. The minimum absolute atomic E-state index is 0.0420. The van der Waals surface area contributed by atoms with Gasteiger partial charge in [0.2, 0.25) is 0 Å². The average molecular weight is 331 g/mol. The van der Waals surface area contributed by atoms with Crippen molar-refractivity contribution in [1.29, 1.82) is 0 Å². The van der Waals surface area contributed by atoms with Gasteiger partial charge in [-0.15, -0.1) is 0 Å². The highest BCUT2D eigenvalue weighted by molar-refractivity contribution is 6.05. The number of nitrogens with zero attached hydrogens (tertiary/aromatic N) is 1. The Bertz CT molecular complexity index is 609. The number of fused-ring (bicyclic) bond motifs is 3. The van der Waals surface area contributed by atoms with Crippen LogP contribution in [-0.4, -0.2) is 48.6 Å². The van der Waals surface area contributed by atoms with Crippen LogP contribution in [-0.2, 0) is 0 Å². The molecule has 3 saturated heterocycles. The van der Waals surface area contributed by atoms with Gasteiger partial charge in [0.25, 0.3) is 5.91 Å². The van der Waals surface area contributed by atoms with Crippen molar-refractivity contribution < 1.29 is 14.3 Å². The monoisotopic (exact) mass is 331 g/mol. The zero-order valence-corrected chi connectivity index (χ0v) is 14.2. The Hall–Kier alpha value is -2.08. The van der Waals surface area contributed by atoms with Gasteiger partial charge in [-0.25, -0.2) is 4.79 Å². The average Bonchev–Trinajstić information content (AvgIpc) is 2.55. The van der Waals surface area contributed by atoms with E-state index in [0.29, 0.717) is 17.2 Å². The number of hydrogen-bond acceptors (Lipinski definition) is 4. The first-order valence-electron chi connectivity index (χ1n) is 8.63. The summed E-state index contributed by atoms with van der Waals surface area (Å²) in [5.41, 5.74) is 0.371. The lowest BCUT2D eigenvalue weighted by Crippen LogP contribution is -2.59. The van der Waals surface area contributed by atoms with Crippen molar-refractivity contribution in [3.05, 3.63) is 29.8 Å². The second kappa shape index (κ2) is 7.21. The van der Waals surface area contributed by atoms with Gasteiger partial charge < -0.3 is 15.0 Å². The van der Waals surface area contributed by atoms with Crippen molar-refractivity contribution in [3.8, 4) is 5.75 Å². The summed E-state index contributed by atoms with van der Waals surface area (Å²) in [7, 11) is 0. The van der Waals surface area contributed by atoms with Crippen LogP contribution in [0.4, 0.5) is 4.79 Å². The Kier molecular flexibility index (Phi) is 5.04. The molecule has 3 aliphatic rings. The van der Waals surface area contributed by atoms with Gasteiger partial charge in [0.1, 0.15) is 5.75 Å². The predicted molar refractivity (Wildman–Crippen MR) is 91.2 cm³/mol. The van der Waals surface area contributed by atoms with E-state index in [2.05, 4.69) is 15.5 Å². The fraction of sp³-hybridized carbons (Fsp3) is 0.556. The molecule has 1 unspecified atom stereocenters. The number of para-hydroxylation sites is 1.